The summed E-state index contributed by atoms with van der Waals surface area (Å²) in [6, 6.07) is 4.92. The number of hydrogen-bond donors (Lipinski definition) is 0. The SMILES string of the molecule is Fc1ccc(C=CCBr)cc1Br. The van der Waals surface area contributed by atoms with E-state index in [1.807, 2.05) is 12.2 Å². The molecule has 0 unspecified atom stereocenters. The number of halogens is 3. The largest absolute Gasteiger partial charge is 0.206 e. The van der Waals surface area contributed by atoms with Crippen LogP contribution >= 0.6 is 31.9 Å². The maximum absolute atomic E-state index is 12.7. The smallest absolute Gasteiger partial charge is 0.137 e. The molecule has 0 aliphatic rings. The van der Waals surface area contributed by atoms with Gasteiger partial charge in [0.2, 0.25) is 0 Å². The molecule has 0 N–H and O–H groups in total. The van der Waals surface area contributed by atoms with Gasteiger partial charge in [-0.25, -0.2) is 4.39 Å². The Morgan fingerprint density at radius 2 is 2.17 bits per heavy atom. The van der Waals surface area contributed by atoms with E-state index in [1.165, 1.54) is 6.07 Å². The van der Waals surface area contributed by atoms with Crippen LogP contribution in [-0.2, 0) is 0 Å². The molecule has 0 aliphatic heterocycles. The zero-order valence-electron chi connectivity index (χ0n) is 6.23. The van der Waals surface area contributed by atoms with Gasteiger partial charge in [-0.15, -0.1) is 0 Å². The molecule has 0 fully saturated rings. The normalized spacial score (nSPS) is 10.9. The molecule has 0 saturated heterocycles. The Morgan fingerprint density at radius 1 is 1.42 bits per heavy atom. The Hall–Kier alpha value is -0.150. The van der Waals surface area contributed by atoms with Crippen molar-refractivity contribution in [1.82, 2.24) is 0 Å². The minimum Gasteiger partial charge on any atom is -0.206 e. The third kappa shape index (κ3) is 2.72. The van der Waals surface area contributed by atoms with Gasteiger partial charge in [0.15, 0.2) is 0 Å². The van der Waals surface area contributed by atoms with Crippen molar-refractivity contribution in [3.05, 3.63) is 40.1 Å². The van der Waals surface area contributed by atoms with Gasteiger partial charge in [0, 0.05) is 5.33 Å². The fraction of sp³-hybridized carbons (Fsp3) is 0.111. The van der Waals surface area contributed by atoms with Gasteiger partial charge in [0.25, 0.3) is 0 Å². The highest BCUT2D eigenvalue weighted by atomic mass is 79.9. The zero-order chi connectivity index (χ0) is 8.97. The molecule has 0 radical (unpaired) electrons. The van der Waals surface area contributed by atoms with E-state index in [0.29, 0.717) is 4.47 Å². The second kappa shape index (κ2) is 4.77. The summed E-state index contributed by atoms with van der Waals surface area (Å²) in [7, 11) is 0. The Labute approximate surface area is 87.7 Å². The second-order valence-electron chi connectivity index (χ2n) is 2.23. The standard InChI is InChI=1S/C9H7Br2F/c10-5-1-2-7-3-4-9(12)8(11)6-7/h1-4,6H,5H2. The Morgan fingerprint density at radius 3 is 2.75 bits per heavy atom. The first-order valence-electron chi connectivity index (χ1n) is 3.41. The van der Waals surface area contributed by atoms with Gasteiger partial charge in [-0.3, -0.25) is 0 Å². The van der Waals surface area contributed by atoms with Crippen LogP contribution in [0.4, 0.5) is 4.39 Å². The Kier molecular flexibility index (Phi) is 3.95. The number of benzene rings is 1. The molecular weight excluding hydrogens is 287 g/mol. The van der Waals surface area contributed by atoms with Crippen LogP contribution in [0.5, 0.6) is 0 Å². The first kappa shape index (κ1) is 9.93. The summed E-state index contributed by atoms with van der Waals surface area (Å²) in [6.07, 6.45) is 3.89. The lowest BCUT2D eigenvalue weighted by molar-refractivity contribution is 0.621. The van der Waals surface area contributed by atoms with Crippen molar-refractivity contribution < 1.29 is 4.39 Å². The molecule has 0 spiro atoms. The van der Waals surface area contributed by atoms with Gasteiger partial charge in [-0.2, -0.15) is 0 Å². The van der Waals surface area contributed by atoms with E-state index in [2.05, 4.69) is 31.9 Å². The van der Waals surface area contributed by atoms with E-state index in [-0.39, 0.29) is 5.82 Å². The van der Waals surface area contributed by atoms with Crippen molar-refractivity contribution in [2.24, 2.45) is 0 Å². The van der Waals surface area contributed by atoms with Crippen LogP contribution < -0.4 is 0 Å². The first-order chi connectivity index (χ1) is 5.74. The average Bonchev–Trinajstić information content (AvgIpc) is 2.07. The predicted molar refractivity (Wildman–Crippen MR) is 56.9 cm³/mol. The Bertz CT molecular complexity index is 295. The summed E-state index contributed by atoms with van der Waals surface area (Å²) in [5.41, 5.74) is 0.989. The van der Waals surface area contributed by atoms with Crippen LogP contribution in [0, 0.1) is 5.82 Å². The maximum Gasteiger partial charge on any atom is 0.137 e. The Balaban J connectivity index is 2.89. The van der Waals surface area contributed by atoms with E-state index in [9.17, 15) is 4.39 Å². The summed E-state index contributed by atoms with van der Waals surface area (Å²) in [4.78, 5) is 0. The molecule has 12 heavy (non-hydrogen) atoms. The highest BCUT2D eigenvalue weighted by molar-refractivity contribution is 9.10. The summed E-state index contributed by atoms with van der Waals surface area (Å²) >= 11 is 6.38. The van der Waals surface area contributed by atoms with Crippen LogP contribution in [0.15, 0.2) is 28.7 Å². The van der Waals surface area contributed by atoms with Crippen molar-refractivity contribution in [2.75, 3.05) is 5.33 Å². The van der Waals surface area contributed by atoms with Crippen molar-refractivity contribution in [1.29, 1.82) is 0 Å². The van der Waals surface area contributed by atoms with Crippen LogP contribution in [0.1, 0.15) is 5.56 Å². The predicted octanol–water partition coefficient (Wildman–Crippen LogP) is 4.00. The highest BCUT2D eigenvalue weighted by Gasteiger charge is 1.96. The summed E-state index contributed by atoms with van der Waals surface area (Å²) in [6.45, 7) is 0. The molecule has 0 aromatic heterocycles. The molecule has 0 amide bonds. The third-order valence-corrected chi connectivity index (χ3v) is 2.32. The number of allylic oxidation sites excluding steroid dienone is 1. The van der Waals surface area contributed by atoms with Crippen LogP contribution in [0.3, 0.4) is 0 Å². The van der Waals surface area contributed by atoms with Crippen LogP contribution in [-0.4, -0.2) is 5.33 Å². The van der Waals surface area contributed by atoms with Crippen molar-refractivity contribution in [2.45, 2.75) is 0 Å². The minimum atomic E-state index is -0.231. The molecule has 0 saturated carbocycles. The molecule has 1 aromatic carbocycles. The number of rotatable bonds is 2. The van der Waals surface area contributed by atoms with Gasteiger partial charge in [-0.05, 0) is 33.6 Å². The number of hydrogen-bond acceptors (Lipinski definition) is 0. The molecule has 64 valence electrons. The molecule has 0 bridgehead atoms. The quantitative estimate of drug-likeness (QED) is 0.723. The monoisotopic (exact) mass is 292 g/mol. The molecule has 0 atom stereocenters. The fourth-order valence-electron chi connectivity index (χ4n) is 0.797. The maximum atomic E-state index is 12.7. The molecule has 1 rings (SSSR count). The van der Waals surface area contributed by atoms with E-state index >= 15 is 0 Å². The molecule has 3 heteroatoms. The lowest BCUT2D eigenvalue weighted by atomic mass is 10.2. The van der Waals surface area contributed by atoms with E-state index in [4.69, 9.17) is 0 Å². The average molecular weight is 294 g/mol. The van der Waals surface area contributed by atoms with Gasteiger partial charge in [0.05, 0.1) is 4.47 Å². The van der Waals surface area contributed by atoms with Gasteiger partial charge in [0.1, 0.15) is 5.82 Å². The topological polar surface area (TPSA) is 0 Å². The van der Waals surface area contributed by atoms with Crippen molar-refractivity contribution >= 4 is 37.9 Å². The van der Waals surface area contributed by atoms with E-state index in [0.717, 1.165) is 10.9 Å². The number of alkyl halides is 1. The molecular formula is C9H7Br2F. The summed E-state index contributed by atoms with van der Waals surface area (Å²) < 4.78 is 13.2. The lowest BCUT2D eigenvalue weighted by Crippen LogP contribution is -1.78. The van der Waals surface area contributed by atoms with Gasteiger partial charge in [-0.1, -0.05) is 34.1 Å². The highest BCUT2D eigenvalue weighted by Crippen LogP contribution is 2.17. The summed E-state index contributed by atoms with van der Waals surface area (Å²) in [5.74, 6) is -0.231. The first-order valence-corrected chi connectivity index (χ1v) is 5.33. The van der Waals surface area contributed by atoms with Gasteiger partial charge < -0.3 is 0 Å². The molecule has 0 nitrogen and oxygen atoms in total. The molecule has 0 heterocycles. The summed E-state index contributed by atoms with van der Waals surface area (Å²) in [5, 5.41) is 0.808. The lowest BCUT2D eigenvalue weighted by Gasteiger charge is -1.95. The van der Waals surface area contributed by atoms with Gasteiger partial charge >= 0.3 is 0 Å². The van der Waals surface area contributed by atoms with E-state index < -0.39 is 0 Å². The van der Waals surface area contributed by atoms with E-state index in [1.54, 1.807) is 12.1 Å². The third-order valence-electron chi connectivity index (χ3n) is 1.34. The minimum absolute atomic E-state index is 0.231. The van der Waals surface area contributed by atoms with Crippen molar-refractivity contribution in [3.63, 3.8) is 0 Å². The van der Waals surface area contributed by atoms with Crippen molar-refractivity contribution in [3.8, 4) is 0 Å². The van der Waals surface area contributed by atoms with Crippen LogP contribution in [0.2, 0.25) is 0 Å². The molecule has 1 aromatic rings. The van der Waals surface area contributed by atoms with Crippen LogP contribution in [0.25, 0.3) is 6.08 Å². The second-order valence-corrected chi connectivity index (χ2v) is 3.73. The fourth-order valence-corrected chi connectivity index (χ4v) is 1.38. The zero-order valence-corrected chi connectivity index (χ0v) is 9.40. The molecule has 0 aliphatic carbocycles.